The summed E-state index contributed by atoms with van der Waals surface area (Å²) >= 11 is 0. The van der Waals surface area contributed by atoms with Gasteiger partial charge in [0.05, 0.1) is 11.2 Å². The van der Waals surface area contributed by atoms with E-state index in [1.807, 2.05) is 60.7 Å². The molecule has 26 heavy (non-hydrogen) atoms. The van der Waals surface area contributed by atoms with Crippen LogP contribution in [0.25, 0.3) is 10.9 Å². The average Bonchev–Trinajstić information content (AvgIpc) is 3.21. The number of pyridine rings is 1. The first-order valence-electron chi connectivity index (χ1n) is 9.28. The van der Waals surface area contributed by atoms with Crippen molar-refractivity contribution in [3.8, 4) is 5.75 Å². The van der Waals surface area contributed by atoms with Gasteiger partial charge in [0.25, 0.3) is 0 Å². The molecule has 4 heteroatoms. The van der Waals surface area contributed by atoms with Gasteiger partial charge in [-0.05, 0) is 55.8 Å². The lowest BCUT2D eigenvalue weighted by Crippen LogP contribution is -2.25. The average molecular weight is 348 g/mol. The van der Waals surface area contributed by atoms with Crippen molar-refractivity contribution >= 4 is 10.9 Å². The van der Waals surface area contributed by atoms with Gasteiger partial charge >= 0.3 is 0 Å². The van der Waals surface area contributed by atoms with E-state index in [0.29, 0.717) is 12.3 Å². The van der Waals surface area contributed by atoms with Crippen LogP contribution in [-0.2, 0) is 0 Å². The fourth-order valence-electron chi connectivity index (χ4n) is 3.45. The summed E-state index contributed by atoms with van der Waals surface area (Å²) in [6, 6.07) is 19.5. The highest BCUT2D eigenvalue weighted by Crippen LogP contribution is 2.24. The Morgan fingerprint density at radius 3 is 2.54 bits per heavy atom. The van der Waals surface area contributed by atoms with E-state index < -0.39 is 6.10 Å². The number of aliphatic hydroxyl groups excluding tert-OH is 1. The van der Waals surface area contributed by atoms with Gasteiger partial charge < -0.3 is 9.84 Å². The first-order chi connectivity index (χ1) is 12.8. The molecule has 0 bridgehead atoms. The van der Waals surface area contributed by atoms with Gasteiger partial charge in [-0.15, -0.1) is 0 Å². The van der Waals surface area contributed by atoms with Crippen LogP contribution in [0.15, 0.2) is 60.7 Å². The van der Waals surface area contributed by atoms with Gasteiger partial charge in [-0.1, -0.05) is 36.4 Å². The normalized spacial score (nSPS) is 16.0. The maximum absolute atomic E-state index is 10.7. The highest BCUT2D eigenvalue weighted by atomic mass is 16.5. The fourth-order valence-corrected chi connectivity index (χ4v) is 3.45. The summed E-state index contributed by atoms with van der Waals surface area (Å²) in [4.78, 5) is 7.01. The second-order valence-corrected chi connectivity index (χ2v) is 6.80. The molecule has 0 aliphatic carbocycles. The number of aliphatic hydroxyl groups is 1. The molecule has 1 N–H and O–H groups in total. The standard InChI is InChI=1S/C22H24N2O2/c25-22(21-12-9-17-5-1-2-6-20(17)23-21)18-7-10-19(11-8-18)26-16-15-24-13-3-4-14-24/h1-2,5-12,22,25H,3-4,13-16H2. The number of benzene rings is 2. The number of likely N-dealkylation sites (tertiary alicyclic amines) is 1. The molecule has 4 rings (SSSR count). The first-order valence-corrected chi connectivity index (χ1v) is 9.28. The molecule has 2 aromatic carbocycles. The third-order valence-electron chi connectivity index (χ3n) is 4.97. The Hall–Kier alpha value is -2.43. The van der Waals surface area contributed by atoms with Crippen LogP contribution in [0.4, 0.5) is 0 Å². The number of ether oxygens (including phenoxy) is 1. The quantitative estimate of drug-likeness (QED) is 0.736. The topological polar surface area (TPSA) is 45.6 Å². The van der Waals surface area contributed by atoms with Crippen LogP contribution in [0.2, 0.25) is 0 Å². The monoisotopic (exact) mass is 348 g/mol. The summed E-state index contributed by atoms with van der Waals surface area (Å²) in [6.07, 6.45) is 1.86. The SMILES string of the molecule is OC(c1ccc(OCCN2CCCC2)cc1)c1ccc2ccccc2n1. The van der Waals surface area contributed by atoms with E-state index in [2.05, 4.69) is 9.88 Å². The molecular formula is C22H24N2O2. The van der Waals surface area contributed by atoms with Gasteiger partial charge in [-0.2, -0.15) is 0 Å². The van der Waals surface area contributed by atoms with Crippen LogP contribution >= 0.6 is 0 Å². The van der Waals surface area contributed by atoms with E-state index in [1.165, 1.54) is 25.9 Å². The highest BCUT2D eigenvalue weighted by Gasteiger charge is 2.13. The number of nitrogens with zero attached hydrogens (tertiary/aromatic N) is 2. The summed E-state index contributed by atoms with van der Waals surface area (Å²) in [6.45, 7) is 4.06. The van der Waals surface area contributed by atoms with E-state index >= 15 is 0 Å². The maximum atomic E-state index is 10.7. The Balaban J connectivity index is 1.40. The molecule has 134 valence electrons. The van der Waals surface area contributed by atoms with Crippen molar-refractivity contribution in [2.75, 3.05) is 26.2 Å². The Bertz CT molecular complexity index is 857. The van der Waals surface area contributed by atoms with Crippen LogP contribution in [-0.4, -0.2) is 41.2 Å². The molecule has 1 fully saturated rings. The zero-order valence-electron chi connectivity index (χ0n) is 14.8. The second-order valence-electron chi connectivity index (χ2n) is 6.80. The molecule has 3 aromatic rings. The number of rotatable bonds is 6. The molecular weight excluding hydrogens is 324 g/mol. The lowest BCUT2D eigenvalue weighted by atomic mass is 10.0. The van der Waals surface area contributed by atoms with Crippen LogP contribution in [0, 0.1) is 0 Å². The van der Waals surface area contributed by atoms with Gasteiger partial charge in [0.15, 0.2) is 0 Å². The maximum Gasteiger partial charge on any atom is 0.121 e. The Morgan fingerprint density at radius 1 is 0.962 bits per heavy atom. The van der Waals surface area contributed by atoms with Gasteiger partial charge in [0, 0.05) is 11.9 Å². The second kappa shape index (κ2) is 7.85. The van der Waals surface area contributed by atoms with Gasteiger partial charge in [-0.3, -0.25) is 4.90 Å². The largest absolute Gasteiger partial charge is 0.492 e. The number of hydrogen-bond acceptors (Lipinski definition) is 4. The van der Waals surface area contributed by atoms with Crippen molar-refractivity contribution in [1.82, 2.24) is 9.88 Å². The smallest absolute Gasteiger partial charge is 0.121 e. The predicted octanol–water partition coefficient (Wildman–Crippen LogP) is 3.79. The molecule has 0 spiro atoms. The molecule has 1 saturated heterocycles. The molecule has 1 unspecified atom stereocenters. The molecule has 1 atom stereocenters. The third-order valence-corrected chi connectivity index (χ3v) is 4.97. The molecule has 0 amide bonds. The van der Waals surface area contributed by atoms with E-state index in [0.717, 1.165) is 28.8 Å². The lowest BCUT2D eigenvalue weighted by molar-refractivity contribution is 0.215. The molecule has 4 nitrogen and oxygen atoms in total. The number of para-hydroxylation sites is 1. The van der Waals surface area contributed by atoms with Crippen LogP contribution in [0.1, 0.15) is 30.2 Å². The molecule has 2 heterocycles. The van der Waals surface area contributed by atoms with Gasteiger partial charge in [0.1, 0.15) is 18.5 Å². The van der Waals surface area contributed by atoms with Crippen molar-refractivity contribution in [2.24, 2.45) is 0 Å². The minimum Gasteiger partial charge on any atom is -0.492 e. The third kappa shape index (κ3) is 3.87. The summed E-state index contributed by atoms with van der Waals surface area (Å²) in [7, 11) is 0. The molecule has 1 aromatic heterocycles. The number of hydrogen-bond donors (Lipinski definition) is 1. The minimum absolute atomic E-state index is 0.659. The number of aromatic nitrogens is 1. The van der Waals surface area contributed by atoms with Gasteiger partial charge in [-0.25, -0.2) is 4.98 Å². The summed E-state index contributed by atoms with van der Waals surface area (Å²) in [5.41, 5.74) is 2.37. The summed E-state index contributed by atoms with van der Waals surface area (Å²) in [5, 5.41) is 11.7. The lowest BCUT2D eigenvalue weighted by Gasteiger charge is -2.15. The predicted molar refractivity (Wildman–Crippen MR) is 103 cm³/mol. The molecule has 1 aliphatic rings. The first kappa shape index (κ1) is 17.0. The Morgan fingerprint density at radius 2 is 1.73 bits per heavy atom. The fraction of sp³-hybridized carbons (Fsp3) is 0.318. The zero-order valence-corrected chi connectivity index (χ0v) is 14.8. The molecule has 0 radical (unpaired) electrons. The molecule has 1 aliphatic heterocycles. The van der Waals surface area contributed by atoms with Crippen LogP contribution in [0.5, 0.6) is 5.75 Å². The highest BCUT2D eigenvalue weighted by molar-refractivity contribution is 5.78. The van der Waals surface area contributed by atoms with Crippen molar-refractivity contribution in [3.63, 3.8) is 0 Å². The van der Waals surface area contributed by atoms with E-state index in [-0.39, 0.29) is 0 Å². The van der Waals surface area contributed by atoms with Crippen molar-refractivity contribution in [1.29, 1.82) is 0 Å². The van der Waals surface area contributed by atoms with Crippen molar-refractivity contribution in [2.45, 2.75) is 18.9 Å². The Labute approximate surface area is 154 Å². The minimum atomic E-state index is -0.738. The number of fused-ring (bicyclic) bond motifs is 1. The summed E-state index contributed by atoms with van der Waals surface area (Å²) < 4.78 is 5.83. The van der Waals surface area contributed by atoms with Gasteiger partial charge in [0.2, 0.25) is 0 Å². The zero-order chi connectivity index (χ0) is 17.8. The Kier molecular flexibility index (Phi) is 5.14. The van der Waals surface area contributed by atoms with E-state index in [9.17, 15) is 5.11 Å². The van der Waals surface area contributed by atoms with Crippen LogP contribution < -0.4 is 4.74 Å². The van der Waals surface area contributed by atoms with E-state index in [4.69, 9.17) is 4.74 Å². The van der Waals surface area contributed by atoms with Crippen molar-refractivity contribution in [3.05, 3.63) is 71.9 Å². The van der Waals surface area contributed by atoms with E-state index in [1.54, 1.807) is 0 Å². The van der Waals surface area contributed by atoms with Crippen LogP contribution in [0.3, 0.4) is 0 Å². The summed E-state index contributed by atoms with van der Waals surface area (Å²) in [5.74, 6) is 0.839. The van der Waals surface area contributed by atoms with Crippen molar-refractivity contribution < 1.29 is 9.84 Å². The molecule has 0 saturated carbocycles.